The van der Waals surface area contributed by atoms with E-state index in [2.05, 4.69) is 36.3 Å². The molecule has 3 unspecified atom stereocenters. The Kier molecular flexibility index (Phi) is 5.85. The summed E-state index contributed by atoms with van der Waals surface area (Å²) in [5, 5.41) is 6.73. The molecule has 0 aliphatic carbocycles. The van der Waals surface area contributed by atoms with Crippen molar-refractivity contribution in [3.8, 4) is 0 Å². The van der Waals surface area contributed by atoms with E-state index in [1.807, 2.05) is 0 Å². The molecule has 2 N–H and O–H groups in total. The molecule has 2 aliphatic rings. The average molecular weight is 281 g/mol. The summed E-state index contributed by atoms with van der Waals surface area (Å²) in [6.45, 7) is 10.4. The van der Waals surface area contributed by atoms with Gasteiger partial charge in [0, 0.05) is 25.2 Å². The van der Waals surface area contributed by atoms with E-state index in [0.29, 0.717) is 24.5 Å². The van der Waals surface area contributed by atoms with Crippen molar-refractivity contribution in [2.45, 2.75) is 58.5 Å². The van der Waals surface area contributed by atoms with Crippen LogP contribution in [0.3, 0.4) is 0 Å². The summed E-state index contributed by atoms with van der Waals surface area (Å²) in [5.41, 5.74) is 0. The van der Waals surface area contributed by atoms with Gasteiger partial charge in [-0.25, -0.2) is 0 Å². The highest BCUT2D eigenvalue weighted by atomic mass is 16.2. The lowest BCUT2D eigenvalue weighted by Gasteiger charge is -2.24. The number of amides is 1. The third-order valence-corrected chi connectivity index (χ3v) is 4.63. The first kappa shape index (κ1) is 15.8. The Morgan fingerprint density at radius 2 is 2.10 bits per heavy atom. The average Bonchev–Trinajstić information content (AvgIpc) is 2.78. The molecule has 0 spiro atoms. The Balaban J connectivity index is 1.67. The van der Waals surface area contributed by atoms with Crippen LogP contribution in [0.25, 0.3) is 0 Å². The zero-order chi connectivity index (χ0) is 14.5. The first-order valence-corrected chi connectivity index (χ1v) is 8.29. The monoisotopic (exact) mass is 281 g/mol. The molecular formula is C16H31N3O. The van der Waals surface area contributed by atoms with Gasteiger partial charge in [0.25, 0.3) is 0 Å². The van der Waals surface area contributed by atoms with Crippen molar-refractivity contribution in [1.82, 2.24) is 15.5 Å². The summed E-state index contributed by atoms with van der Waals surface area (Å²) in [6, 6.07) is 0.919. The first-order valence-electron chi connectivity index (χ1n) is 8.29. The van der Waals surface area contributed by atoms with Gasteiger partial charge in [0.15, 0.2) is 0 Å². The van der Waals surface area contributed by atoms with E-state index in [4.69, 9.17) is 0 Å². The second kappa shape index (κ2) is 7.41. The van der Waals surface area contributed by atoms with Gasteiger partial charge in [-0.05, 0) is 51.0 Å². The van der Waals surface area contributed by atoms with Gasteiger partial charge in [-0.2, -0.15) is 0 Å². The van der Waals surface area contributed by atoms with Crippen molar-refractivity contribution in [3.05, 3.63) is 0 Å². The molecule has 2 aliphatic heterocycles. The van der Waals surface area contributed by atoms with Crippen molar-refractivity contribution in [1.29, 1.82) is 0 Å². The van der Waals surface area contributed by atoms with Crippen molar-refractivity contribution in [2.75, 3.05) is 26.2 Å². The quantitative estimate of drug-likeness (QED) is 0.777. The molecule has 2 rings (SSSR count). The zero-order valence-electron chi connectivity index (χ0n) is 13.3. The van der Waals surface area contributed by atoms with Crippen LogP contribution in [0.1, 0.15) is 46.5 Å². The molecule has 3 atom stereocenters. The number of nitrogens with one attached hydrogen (secondary N) is 2. The minimum absolute atomic E-state index is 0.194. The summed E-state index contributed by atoms with van der Waals surface area (Å²) in [7, 11) is 0. The van der Waals surface area contributed by atoms with Crippen LogP contribution in [0.4, 0.5) is 0 Å². The minimum atomic E-state index is 0.194. The molecule has 20 heavy (non-hydrogen) atoms. The van der Waals surface area contributed by atoms with Crippen LogP contribution >= 0.6 is 0 Å². The molecular weight excluding hydrogens is 250 g/mol. The van der Waals surface area contributed by atoms with Crippen molar-refractivity contribution in [2.24, 2.45) is 11.8 Å². The van der Waals surface area contributed by atoms with Gasteiger partial charge in [-0.15, -0.1) is 0 Å². The topological polar surface area (TPSA) is 44.4 Å². The lowest BCUT2D eigenvalue weighted by atomic mass is 9.94. The summed E-state index contributed by atoms with van der Waals surface area (Å²) in [4.78, 5) is 14.4. The van der Waals surface area contributed by atoms with Crippen LogP contribution in [0.15, 0.2) is 0 Å². The van der Waals surface area contributed by atoms with Gasteiger partial charge in [-0.1, -0.05) is 13.8 Å². The molecule has 0 radical (unpaired) electrons. The van der Waals surface area contributed by atoms with E-state index in [-0.39, 0.29) is 5.91 Å². The predicted octanol–water partition coefficient (Wildman–Crippen LogP) is 1.61. The maximum Gasteiger partial charge on any atom is 0.234 e. The number of carbonyl (C=O) groups excluding carboxylic acids is 1. The highest BCUT2D eigenvalue weighted by Crippen LogP contribution is 2.24. The molecule has 1 amide bonds. The van der Waals surface area contributed by atoms with E-state index in [1.54, 1.807) is 0 Å². The molecule has 0 bridgehead atoms. The van der Waals surface area contributed by atoms with Gasteiger partial charge < -0.3 is 10.6 Å². The fraction of sp³-hybridized carbons (Fsp3) is 0.938. The molecule has 2 saturated heterocycles. The normalized spacial score (nSPS) is 28.4. The summed E-state index contributed by atoms with van der Waals surface area (Å²) in [6.07, 6.45) is 4.86. The van der Waals surface area contributed by atoms with Gasteiger partial charge in [0.1, 0.15) is 0 Å². The standard InChI is InChI=1S/C16H31N3O/c1-12(2)6-7-13(3)18-16(20)11-19-9-14-5-4-8-17-15(14)10-19/h12-15,17H,4-11H2,1-3H3,(H,18,20). The van der Waals surface area contributed by atoms with Crippen LogP contribution in [0.2, 0.25) is 0 Å². The molecule has 0 aromatic rings. The van der Waals surface area contributed by atoms with Crippen molar-refractivity contribution >= 4 is 5.91 Å². The van der Waals surface area contributed by atoms with Crippen LogP contribution in [-0.4, -0.2) is 49.1 Å². The van der Waals surface area contributed by atoms with E-state index < -0.39 is 0 Å². The van der Waals surface area contributed by atoms with Crippen LogP contribution in [-0.2, 0) is 4.79 Å². The molecule has 0 aromatic carbocycles. The van der Waals surface area contributed by atoms with E-state index in [0.717, 1.165) is 32.0 Å². The lowest BCUT2D eigenvalue weighted by molar-refractivity contribution is -0.122. The number of carbonyl (C=O) groups is 1. The Hall–Kier alpha value is -0.610. The predicted molar refractivity (Wildman–Crippen MR) is 82.6 cm³/mol. The summed E-state index contributed by atoms with van der Waals surface area (Å²) < 4.78 is 0. The molecule has 116 valence electrons. The number of rotatable bonds is 6. The fourth-order valence-corrected chi connectivity index (χ4v) is 3.44. The zero-order valence-corrected chi connectivity index (χ0v) is 13.3. The number of likely N-dealkylation sites (tertiary alicyclic amines) is 1. The van der Waals surface area contributed by atoms with Crippen molar-refractivity contribution < 1.29 is 4.79 Å². The number of hydrogen-bond acceptors (Lipinski definition) is 3. The fourth-order valence-electron chi connectivity index (χ4n) is 3.44. The Morgan fingerprint density at radius 3 is 2.80 bits per heavy atom. The molecule has 4 nitrogen and oxygen atoms in total. The SMILES string of the molecule is CC(C)CCC(C)NC(=O)CN1CC2CCCNC2C1. The maximum atomic E-state index is 12.1. The maximum absolute atomic E-state index is 12.1. The molecule has 0 aromatic heterocycles. The van der Waals surface area contributed by atoms with Gasteiger partial charge in [0.05, 0.1) is 6.54 Å². The molecule has 2 fully saturated rings. The lowest BCUT2D eigenvalue weighted by Crippen LogP contribution is -2.42. The number of piperidine rings is 1. The largest absolute Gasteiger partial charge is 0.353 e. The van der Waals surface area contributed by atoms with Crippen LogP contribution in [0, 0.1) is 11.8 Å². The highest BCUT2D eigenvalue weighted by Gasteiger charge is 2.34. The Labute approximate surface area is 123 Å². The second-order valence-electron chi connectivity index (χ2n) is 7.10. The minimum Gasteiger partial charge on any atom is -0.353 e. The van der Waals surface area contributed by atoms with E-state index in [9.17, 15) is 4.79 Å². The van der Waals surface area contributed by atoms with Crippen LogP contribution in [0.5, 0.6) is 0 Å². The molecule has 2 heterocycles. The third-order valence-electron chi connectivity index (χ3n) is 4.63. The van der Waals surface area contributed by atoms with Gasteiger partial charge in [-0.3, -0.25) is 9.69 Å². The highest BCUT2D eigenvalue weighted by molar-refractivity contribution is 5.78. The third kappa shape index (κ3) is 4.74. The summed E-state index contributed by atoms with van der Waals surface area (Å²) in [5.74, 6) is 1.66. The Morgan fingerprint density at radius 1 is 1.30 bits per heavy atom. The second-order valence-corrected chi connectivity index (χ2v) is 7.10. The van der Waals surface area contributed by atoms with E-state index >= 15 is 0 Å². The van der Waals surface area contributed by atoms with Crippen molar-refractivity contribution in [3.63, 3.8) is 0 Å². The molecule has 0 saturated carbocycles. The number of fused-ring (bicyclic) bond motifs is 1. The number of nitrogens with zero attached hydrogens (tertiary/aromatic N) is 1. The molecule has 4 heteroatoms. The summed E-state index contributed by atoms with van der Waals surface area (Å²) >= 11 is 0. The van der Waals surface area contributed by atoms with Gasteiger partial charge >= 0.3 is 0 Å². The smallest absolute Gasteiger partial charge is 0.234 e. The Bertz CT molecular complexity index is 305. The van der Waals surface area contributed by atoms with E-state index in [1.165, 1.54) is 19.3 Å². The first-order chi connectivity index (χ1) is 9.54. The van der Waals surface area contributed by atoms with Crippen LogP contribution < -0.4 is 10.6 Å². The number of hydrogen-bond donors (Lipinski definition) is 2. The van der Waals surface area contributed by atoms with Gasteiger partial charge in [0.2, 0.25) is 5.91 Å².